The SMILES string of the molecule is C#CCNC(=O)NCC(OC)C(=O)O. The maximum atomic E-state index is 10.9. The number of nitrogens with one attached hydrogen (secondary N) is 2. The zero-order valence-corrected chi connectivity index (χ0v) is 7.74. The predicted molar refractivity (Wildman–Crippen MR) is 48.7 cm³/mol. The maximum Gasteiger partial charge on any atom is 0.334 e. The largest absolute Gasteiger partial charge is 0.479 e. The van der Waals surface area contributed by atoms with Crippen molar-refractivity contribution in [2.45, 2.75) is 6.10 Å². The van der Waals surface area contributed by atoms with Crippen LogP contribution in [0.2, 0.25) is 0 Å². The van der Waals surface area contributed by atoms with Crippen LogP contribution in [0.4, 0.5) is 4.79 Å². The molecule has 0 aliphatic rings. The van der Waals surface area contributed by atoms with Gasteiger partial charge in [0.15, 0.2) is 6.10 Å². The number of rotatable bonds is 5. The minimum Gasteiger partial charge on any atom is -0.479 e. The first-order valence-electron chi connectivity index (χ1n) is 3.82. The van der Waals surface area contributed by atoms with Crippen molar-refractivity contribution in [1.82, 2.24) is 10.6 Å². The topological polar surface area (TPSA) is 87.7 Å². The number of carbonyl (C=O) groups is 2. The van der Waals surface area contributed by atoms with Gasteiger partial charge in [-0.15, -0.1) is 6.42 Å². The molecule has 0 saturated carbocycles. The van der Waals surface area contributed by atoms with Crippen LogP contribution < -0.4 is 10.6 Å². The summed E-state index contributed by atoms with van der Waals surface area (Å²) in [5, 5.41) is 13.1. The quantitative estimate of drug-likeness (QED) is 0.498. The minimum atomic E-state index is -1.13. The molecule has 0 saturated heterocycles. The van der Waals surface area contributed by atoms with Crippen LogP contribution in [0.15, 0.2) is 0 Å². The Morgan fingerprint density at radius 2 is 2.21 bits per heavy atom. The number of carbonyl (C=O) groups excluding carboxylic acids is 1. The third-order valence-corrected chi connectivity index (χ3v) is 1.36. The summed E-state index contributed by atoms with van der Waals surface area (Å²) in [4.78, 5) is 21.3. The van der Waals surface area contributed by atoms with E-state index in [2.05, 4.69) is 21.3 Å². The van der Waals surface area contributed by atoms with E-state index in [4.69, 9.17) is 11.5 Å². The van der Waals surface area contributed by atoms with Crippen LogP contribution in [-0.2, 0) is 9.53 Å². The molecular weight excluding hydrogens is 188 g/mol. The molecule has 0 aliphatic carbocycles. The van der Waals surface area contributed by atoms with Crippen LogP contribution in [0.25, 0.3) is 0 Å². The lowest BCUT2D eigenvalue weighted by Gasteiger charge is -2.11. The van der Waals surface area contributed by atoms with E-state index >= 15 is 0 Å². The molecule has 1 atom stereocenters. The first kappa shape index (κ1) is 12.3. The van der Waals surface area contributed by atoms with Gasteiger partial charge in [0.25, 0.3) is 0 Å². The number of urea groups is 1. The fourth-order valence-corrected chi connectivity index (χ4v) is 0.651. The van der Waals surface area contributed by atoms with Crippen molar-refractivity contribution in [1.29, 1.82) is 0 Å². The van der Waals surface area contributed by atoms with Gasteiger partial charge in [0.1, 0.15) is 0 Å². The van der Waals surface area contributed by atoms with Crippen molar-refractivity contribution in [3.8, 4) is 12.3 Å². The van der Waals surface area contributed by atoms with Gasteiger partial charge in [0, 0.05) is 7.11 Å². The highest BCUT2D eigenvalue weighted by atomic mass is 16.5. The van der Waals surface area contributed by atoms with Crippen LogP contribution >= 0.6 is 0 Å². The normalized spacial score (nSPS) is 11.1. The van der Waals surface area contributed by atoms with Gasteiger partial charge in [-0.25, -0.2) is 9.59 Å². The lowest BCUT2D eigenvalue weighted by Crippen LogP contribution is -2.42. The van der Waals surface area contributed by atoms with Crippen LogP contribution in [0.3, 0.4) is 0 Å². The number of hydrogen-bond donors (Lipinski definition) is 3. The van der Waals surface area contributed by atoms with Gasteiger partial charge < -0.3 is 20.5 Å². The van der Waals surface area contributed by atoms with Crippen molar-refractivity contribution >= 4 is 12.0 Å². The van der Waals surface area contributed by atoms with E-state index in [-0.39, 0.29) is 13.1 Å². The summed E-state index contributed by atoms with van der Waals surface area (Å²) >= 11 is 0. The van der Waals surface area contributed by atoms with Crippen LogP contribution in [-0.4, -0.2) is 43.4 Å². The second-order valence-electron chi connectivity index (χ2n) is 2.33. The molecule has 2 amide bonds. The number of terminal acetylenes is 1. The molecule has 0 aliphatic heterocycles. The van der Waals surface area contributed by atoms with E-state index in [0.29, 0.717) is 0 Å². The second kappa shape index (κ2) is 6.74. The van der Waals surface area contributed by atoms with Gasteiger partial charge >= 0.3 is 12.0 Å². The number of hydrogen-bond acceptors (Lipinski definition) is 3. The number of carboxylic acids is 1. The number of aliphatic carboxylic acids is 1. The van der Waals surface area contributed by atoms with E-state index in [1.807, 2.05) is 0 Å². The lowest BCUT2D eigenvalue weighted by atomic mass is 10.3. The average molecular weight is 200 g/mol. The van der Waals surface area contributed by atoms with Crippen molar-refractivity contribution in [3.05, 3.63) is 0 Å². The first-order valence-corrected chi connectivity index (χ1v) is 3.82. The Morgan fingerprint density at radius 3 is 2.64 bits per heavy atom. The number of ether oxygens (including phenoxy) is 1. The molecule has 0 radical (unpaired) electrons. The molecule has 14 heavy (non-hydrogen) atoms. The molecule has 0 fully saturated rings. The maximum absolute atomic E-state index is 10.9. The molecule has 3 N–H and O–H groups in total. The van der Waals surface area contributed by atoms with E-state index in [9.17, 15) is 9.59 Å². The number of amides is 2. The van der Waals surface area contributed by atoms with Crippen LogP contribution in [0.5, 0.6) is 0 Å². The molecule has 0 bridgehead atoms. The molecule has 0 rings (SSSR count). The smallest absolute Gasteiger partial charge is 0.334 e. The molecule has 6 heteroatoms. The summed E-state index contributed by atoms with van der Waals surface area (Å²) in [5.41, 5.74) is 0. The van der Waals surface area contributed by atoms with E-state index < -0.39 is 18.1 Å². The third-order valence-electron chi connectivity index (χ3n) is 1.36. The molecule has 1 unspecified atom stereocenters. The van der Waals surface area contributed by atoms with E-state index in [1.165, 1.54) is 7.11 Å². The zero-order chi connectivity index (χ0) is 11.0. The second-order valence-corrected chi connectivity index (χ2v) is 2.33. The Hall–Kier alpha value is -1.74. The van der Waals surface area contributed by atoms with Crippen molar-refractivity contribution < 1.29 is 19.4 Å². The molecular formula is C8H12N2O4. The summed E-state index contributed by atoms with van der Waals surface area (Å²) < 4.78 is 4.58. The summed E-state index contributed by atoms with van der Waals surface area (Å²) in [6.07, 6.45) is 3.85. The van der Waals surface area contributed by atoms with E-state index in [0.717, 1.165) is 0 Å². The van der Waals surface area contributed by atoms with Crippen molar-refractivity contribution in [2.75, 3.05) is 20.2 Å². The summed E-state index contributed by atoms with van der Waals surface area (Å²) in [5.74, 6) is 1.07. The van der Waals surface area contributed by atoms with E-state index in [1.54, 1.807) is 0 Å². The van der Waals surface area contributed by atoms with Crippen molar-refractivity contribution in [3.63, 3.8) is 0 Å². The highest BCUT2D eigenvalue weighted by molar-refractivity contribution is 5.76. The minimum absolute atomic E-state index is 0.0938. The molecule has 0 aromatic heterocycles. The average Bonchev–Trinajstić information content (AvgIpc) is 2.15. The fourth-order valence-electron chi connectivity index (χ4n) is 0.651. The fraction of sp³-hybridized carbons (Fsp3) is 0.500. The summed E-state index contributed by atoms with van der Waals surface area (Å²) in [6, 6.07) is -0.522. The predicted octanol–water partition coefficient (Wildman–Crippen LogP) is -0.982. The molecule has 0 spiro atoms. The summed E-state index contributed by atoms with van der Waals surface area (Å²) in [6.45, 7) is -0.0151. The van der Waals surface area contributed by atoms with Crippen molar-refractivity contribution in [2.24, 2.45) is 0 Å². The number of methoxy groups -OCH3 is 1. The molecule has 0 aromatic rings. The van der Waals surface area contributed by atoms with Gasteiger partial charge in [-0.1, -0.05) is 5.92 Å². The highest BCUT2D eigenvalue weighted by Crippen LogP contribution is 1.86. The van der Waals surface area contributed by atoms with Crippen LogP contribution in [0.1, 0.15) is 0 Å². The van der Waals surface area contributed by atoms with Crippen LogP contribution in [0, 0.1) is 12.3 Å². The van der Waals surface area contributed by atoms with Gasteiger partial charge in [0.05, 0.1) is 13.1 Å². The molecule has 6 nitrogen and oxygen atoms in total. The monoisotopic (exact) mass is 200 g/mol. The standard InChI is InChI=1S/C8H12N2O4/c1-3-4-9-8(13)10-5-6(14-2)7(11)12/h1,6H,4-5H2,2H3,(H,11,12)(H2,9,10,13). The Morgan fingerprint density at radius 1 is 1.57 bits per heavy atom. The van der Waals surface area contributed by atoms with Gasteiger partial charge in [-0.3, -0.25) is 0 Å². The lowest BCUT2D eigenvalue weighted by molar-refractivity contribution is -0.147. The first-order chi connectivity index (χ1) is 6.61. The number of carboxylic acid groups (broad SMARTS) is 1. The van der Waals surface area contributed by atoms with Gasteiger partial charge in [-0.2, -0.15) is 0 Å². The molecule has 78 valence electrons. The Kier molecular flexibility index (Phi) is 5.90. The third kappa shape index (κ3) is 5.00. The van der Waals surface area contributed by atoms with Gasteiger partial charge in [-0.05, 0) is 0 Å². The summed E-state index contributed by atoms with van der Waals surface area (Å²) in [7, 11) is 1.25. The molecule has 0 aromatic carbocycles. The molecule has 0 heterocycles. The Labute approximate surface area is 81.6 Å². The highest BCUT2D eigenvalue weighted by Gasteiger charge is 2.16. The Balaban J connectivity index is 3.75. The van der Waals surface area contributed by atoms with Gasteiger partial charge in [0.2, 0.25) is 0 Å². The zero-order valence-electron chi connectivity index (χ0n) is 7.74. The Bertz CT molecular complexity index is 246.